The van der Waals surface area contributed by atoms with E-state index in [1.165, 1.54) is 231 Å². The Labute approximate surface area is 600 Å². The van der Waals surface area contributed by atoms with Crippen LogP contribution < -0.4 is 0 Å². The summed E-state index contributed by atoms with van der Waals surface area (Å²) in [6.07, 6.45) is 62.5. The van der Waals surface area contributed by atoms with Gasteiger partial charge in [0.25, 0.3) is 0 Å². The first-order valence-electron chi connectivity index (χ1n) is 41.1. The SMILES string of the molecule is CCCCCCCCCCCCCCCCCCCCC(=O)O[C@H](COC(=O)CCCCCCCCCCCCCCCCC(C)C)COP(=O)(O)OC[C@@H](O)COP(=O)(O)OC[C@@H](COC(=O)CCCCCCCCC)OC(=O)CCCCCCCCCCCCCCCCCC. The molecular formula is C79H154O17P2. The van der Waals surface area contributed by atoms with E-state index in [0.717, 1.165) is 109 Å². The van der Waals surface area contributed by atoms with Crippen molar-refractivity contribution in [3.8, 4) is 0 Å². The second kappa shape index (κ2) is 72.0. The molecule has 2 unspecified atom stereocenters. The molecule has 0 amide bonds. The molecule has 0 bridgehead atoms. The van der Waals surface area contributed by atoms with Gasteiger partial charge in [-0.25, -0.2) is 9.13 Å². The van der Waals surface area contributed by atoms with E-state index in [4.69, 9.17) is 37.0 Å². The van der Waals surface area contributed by atoms with Gasteiger partial charge in [-0.3, -0.25) is 37.3 Å². The van der Waals surface area contributed by atoms with E-state index in [-0.39, 0.29) is 25.7 Å². The van der Waals surface area contributed by atoms with Gasteiger partial charge in [-0.2, -0.15) is 0 Å². The third-order valence-corrected chi connectivity index (χ3v) is 20.4. The molecule has 0 rings (SSSR count). The summed E-state index contributed by atoms with van der Waals surface area (Å²) in [6.45, 7) is 7.31. The summed E-state index contributed by atoms with van der Waals surface area (Å²) in [4.78, 5) is 72.8. The summed E-state index contributed by atoms with van der Waals surface area (Å²) < 4.78 is 68.6. The first kappa shape index (κ1) is 96.1. The van der Waals surface area contributed by atoms with Gasteiger partial charge in [0, 0.05) is 25.7 Å². The average Bonchev–Trinajstić information content (AvgIpc) is 1.02. The molecule has 0 aromatic rings. The maximum atomic E-state index is 13.1. The zero-order valence-corrected chi connectivity index (χ0v) is 65.7. The van der Waals surface area contributed by atoms with Gasteiger partial charge in [0.05, 0.1) is 26.4 Å². The van der Waals surface area contributed by atoms with Crippen LogP contribution in [-0.2, 0) is 65.4 Å². The van der Waals surface area contributed by atoms with Crippen molar-refractivity contribution in [3.63, 3.8) is 0 Å². The molecule has 0 aliphatic carbocycles. The Kier molecular flexibility index (Phi) is 70.6. The lowest BCUT2D eigenvalue weighted by Gasteiger charge is -2.21. The van der Waals surface area contributed by atoms with E-state index in [1.807, 2.05) is 0 Å². The highest BCUT2D eigenvalue weighted by Crippen LogP contribution is 2.45. The minimum atomic E-state index is -4.96. The highest BCUT2D eigenvalue weighted by atomic mass is 31.2. The van der Waals surface area contributed by atoms with Crippen molar-refractivity contribution in [2.24, 2.45) is 5.92 Å². The minimum Gasteiger partial charge on any atom is -0.462 e. The molecule has 0 radical (unpaired) electrons. The van der Waals surface area contributed by atoms with Crippen LogP contribution in [0.15, 0.2) is 0 Å². The van der Waals surface area contributed by atoms with E-state index in [9.17, 15) is 43.2 Å². The fourth-order valence-corrected chi connectivity index (χ4v) is 13.8. The van der Waals surface area contributed by atoms with Crippen LogP contribution in [0.25, 0.3) is 0 Å². The number of aliphatic hydroxyl groups is 1. The first-order valence-corrected chi connectivity index (χ1v) is 44.1. The molecule has 19 heteroatoms. The molecule has 0 aromatic heterocycles. The van der Waals surface area contributed by atoms with Gasteiger partial charge in [-0.05, 0) is 31.6 Å². The van der Waals surface area contributed by atoms with E-state index >= 15 is 0 Å². The Morgan fingerprint density at radius 1 is 0.276 bits per heavy atom. The molecule has 0 saturated heterocycles. The number of carbonyl (C=O) groups excluding carboxylic acids is 4. The summed E-state index contributed by atoms with van der Waals surface area (Å²) in [7, 11) is -9.91. The smallest absolute Gasteiger partial charge is 0.462 e. The van der Waals surface area contributed by atoms with Crippen LogP contribution >= 0.6 is 15.6 Å². The number of esters is 4. The highest BCUT2D eigenvalue weighted by molar-refractivity contribution is 7.47. The van der Waals surface area contributed by atoms with Gasteiger partial charge in [0.2, 0.25) is 0 Å². The summed E-state index contributed by atoms with van der Waals surface area (Å²) in [5.41, 5.74) is 0. The number of hydrogen-bond donors (Lipinski definition) is 3. The predicted molar refractivity (Wildman–Crippen MR) is 400 cm³/mol. The Morgan fingerprint density at radius 3 is 0.694 bits per heavy atom. The molecule has 0 saturated carbocycles. The quantitative estimate of drug-likeness (QED) is 0.0222. The monoisotopic (exact) mass is 1440 g/mol. The van der Waals surface area contributed by atoms with Gasteiger partial charge in [-0.15, -0.1) is 0 Å². The summed E-state index contributed by atoms with van der Waals surface area (Å²) in [5.74, 6) is -1.31. The van der Waals surface area contributed by atoms with Crippen molar-refractivity contribution in [1.29, 1.82) is 0 Å². The van der Waals surface area contributed by atoms with Gasteiger partial charge < -0.3 is 33.8 Å². The van der Waals surface area contributed by atoms with Gasteiger partial charge >= 0.3 is 39.5 Å². The normalized spacial score (nSPS) is 13.9. The first-order chi connectivity index (χ1) is 47.5. The number of unbranched alkanes of at least 4 members (excludes halogenated alkanes) is 51. The second-order valence-electron chi connectivity index (χ2n) is 28.9. The summed E-state index contributed by atoms with van der Waals surface area (Å²) in [6, 6.07) is 0. The van der Waals surface area contributed by atoms with Crippen LogP contribution in [0.5, 0.6) is 0 Å². The lowest BCUT2D eigenvalue weighted by molar-refractivity contribution is -0.161. The summed E-state index contributed by atoms with van der Waals surface area (Å²) >= 11 is 0. The Hall–Kier alpha value is -1.94. The second-order valence-corrected chi connectivity index (χ2v) is 31.8. The van der Waals surface area contributed by atoms with Crippen LogP contribution in [0.4, 0.5) is 0 Å². The molecule has 0 aliphatic rings. The maximum absolute atomic E-state index is 13.1. The van der Waals surface area contributed by atoms with E-state index in [2.05, 4.69) is 34.6 Å². The fraction of sp³-hybridized carbons (Fsp3) is 0.949. The fourth-order valence-electron chi connectivity index (χ4n) is 12.2. The van der Waals surface area contributed by atoms with Crippen LogP contribution in [0.2, 0.25) is 0 Å². The van der Waals surface area contributed by atoms with Crippen molar-refractivity contribution in [1.82, 2.24) is 0 Å². The van der Waals surface area contributed by atoms with Crippen molar-refractivity contribution in [2.45, 2.75) is 438 Å². The number of hydrogen-bond acceptors (Lipinski definition) is 15. The van der Waals surface area contributed by atoms with Crippen molar-refractivity contribution >= 4 is 39.5 Å². The number of ether oxygens (including phenoxy) is 4. The van der Waals surface area contributed by atoms with Gasteiger partial charge in [0.15, 0.2) is 12.2 Å². The standard InChI is InChI=1S/C79H154O17P2/c1-6-9-12-15-18-20-22-24-26-28-29-31-37-41-45-50-55-60-65-79(84)96-75(69-90-77(82)63-58-53-48-43-39-35-33-32-34-38-42-47-51-56-61-72(4)5)71-94-98(87,88)92-67-73(80)66-91-97(85,86)93-70-74(68-89-76(81)62-57-52-46-17-14-11-8-3)95-78(83)64-59-54-49-44-40-36-30-27-25-23-21-19-16-13-10-7-2/h72-75,80H,6-71H2,1-5H3,(H,85,86)(H,87,88)/t73-,74+,75+/m0/s1. The molecule has 0 fully saturated rings. The van der Waals surface area contributed by atoms with Crippen molar-refractivity contribution in [2.75, 3.05) is 39.6 Å². The number of rotatable bonds is 79. The zero-order chi connectivity index (χ0) is 71.9. The molecule has 3 N–H and O–H groups in total. The van der Waals surface area contributed by atoms with Gasteiger partial charge in [-0.1, -0.05) is 369 Å². The maximum Gasteiger partial charge on any atom is 0.472 e. The average molecular weight is 1440 g/mol. The topological polar surface area (TPSA) is 237 Å². The molecule has 0 spiro atoms. The largest absolute Gasteiger partial charge is 0.472 e. The molecule has 582 valence electrons. The van der Waals surface area contributed by atoms with E-state index in [0.29, 0.717) is 25.7 Å². The minimum absolute atomic E-state index is 0.108. The third kappa shape index (κ3) is 72.4. The molecule has 0 heterocycles. The molecular weight excluding hydrogens is 1280 g/mol. The molecule has 98 heavy (non-hydrogen) atoms. The summed E-state index contributed by atoms with van der Waals surface area (Å²) in [5, 5.41) is 10.6. The number of aliphatic hydroxyl groups excluding tert-OH is 1. The van der Waals surface area contributed by atoms with Crippen LogP contribution in [-0.4, -0.2) is 96.7 Å². The molecule has 0 aromatic carbocycles. The number of carbonyl (C=O) groups is 4. The zero-order valence-electron chi connectivity index (χ0n) is 63.9. The van der Waals surface area contributed by atoms with Crippen LogP contribution in [0.1, 0.15) is 420 Å². The Balaban J connectivity index is 5.18. The van der Waals surface area contributed by atoms with E-state index < -0.39 is 97.5 Å². The van der Waals surface area contributed by atoms with E-state index in [1.54, 1.807) is 0 Å². The lowest BCUT2D eigenvalue weighted by atomic mass is 10.0. The van der Waals surface area contributed by atoms with Crippen LogP contribution in [0.3, 0.4) is 0 Å². The number of phosphoric acid groups is 2. The third-order valence-electron chi connectivity index (χ3n) is 18.5. The Morgan fingerprint density at radius 2 is 0.469 bits per heavy atom. The van der Waals surface area contributed by atoms with Gasteiger partial charge in [0.1, 0.15) is 19.3 Å². The van der Waals surface area contributed by atoms with Crippen molar-refractivity contribution < 1.29 is 80.2 Å². The molecule has 0 aliphatic heterocycles. The number of phosphoric ester groups is 2. The van der Waals surface area contributed by atoms with Crippen LogP contribution in [0, 0.1) is 5.92 Å². The Bertz CT molecular complexity index is 1870. The molecule has 5 atom stereocenters. The van der Waals surface area contributed by atoms with Crippen molar-refractivity contribution in [3.05, 3.63) is 0 Å². The molecule has 17 nitrogen and oxygen atoms in total. The highest BCUT2D eigenvalue weighted by Gasteiger charge is 2.30. The lowest BCUT2D eigenvalue weighted by Crippen LogP contribution is -2.30. The predicted octanol–water partition coefficient (Wildman–Crippen LogP) is 23.6.